The fourth-order valence-electron chi connectivity index (χ4n) is 1.53. The summed E-state index contributed by atoms with van der Waals surface area (Å²) in [4.78, 5) is 4.35. The predicted octanol–water partition coefficient (Wildman–Crippen LogP) is 1.63. The molecule has 6 nitrogen and oxygen atoms in total. The topological polar surface area (TPSA) is 82.8 Å². The van der Waals surface area contributed by atoms with Crippen LogP contribution in [0.15, 0.2) is 16.9 Å². The van der Waals surface area contributed by atoms with E-state index in [-0.39, 0.29) is 5.41 Å². The maximum Gasteiger partial charge on any atom is 0.232 e. The van der Waals surface area contributed by atoms with Crippen LogP contribution in [0.3, 0.4) is 0 Å². The Morgan fingerprint density at radius 3 is 2.67 bits per heavy atom. The molecule has 1 atom stereocenters. The molecule has 2 heterocycles. The summed E-state index contributed by atoms with van der Waals surface area (Å²) in [7, 11) is 0. The van der Waals surface area contributed by atoms with Gasteiger partial charge in [0.1, 0.15) is 0 Å². The van der Waals surface area contributed by atoms with E-state index >= 15 is 0 Å². The largest absolute Gasteiger partial charge is 0.339 e. The lowest BCUT2D eigenvalue weighted by atomic mass is 9.97. The van der Waals surface area contributed by atoms with Gasteiger partial charge in [-0.2, -0.15) is 10.1 Å². The molecule has 0 aliphatic heterocycles. The van der Waals surface area contributed by atoms with Gasteiger partial charge < -0.3 is 10.3 Å². The van der Waals surface area contributed by atoms with Crippen molar-refractivity contribution < 1.29 is 4.52 Å². The van der Waals surface area contributed by atoms with E-state index in [0.29, 0.717) is 11.7 Å². The van der Waals surface area contributed by atoms with Gasteiger partial charge in [-0.05, 0) is 6.92 Å². The van der Waals surface area contributed by atoms with Crippen LogP contribution >= 0.6 is 0 Å². The first-order valence-corrected chi connectivity index (χ1v) is 6.04. The molecule has 0 aromatic carbocycles. The van der Waals surface area contributed by atoms with Crippen LogP contribution in [0.25, 0.3) is 0 Å². The second-order valence-corrected chi connectivity index (χ2v) is 5.31. The maximum atomic E-state index is 6.10. The molecule has 0 saturated heterocycles. The second kappa shape index (κ2) is 4.53. The SMILES string of the molecule is CCn1cc(C(N)c2noc(C(C)(C)C)n2)cn1. The van der Waals surface area contributed by atoms with Crippen LogP contribution in [0.5, 0.6) is 0 Å². The lowest BCUT2D eigenvalue weighted by Gasteiger charge is -2.10. The third-order valence-electron chi connectivity index (χ3n) is 2.70. The Morgan fingerprint density at radius 1 is 1.44 bits per heavy atom. The first-order valence-electron chi connectivity index (χ1n) is 6.04. The van der Waals surface area contributed by atoms with Gasteiger partial charge in [-0.1, -0.05) is 25.9 Å². The first kappa shape index (κ1) is 12.8. The van der Waals surface area contributed by atoms with E-state index in [1.165, 1.54) is 0 Å². The highest BCUT2D eigenvalue weighted by molar-refractivity contribution is 5.18. The van der Waals surface area contributed by atoms with Crippen molar-refractivity contribution in [1.82, 2.24) is 19.9 Å². The number of aromatic nitrogens is 4. The Bertz CT molecular complexity index is 523. The van der Waals surface area contributed by atoms with Crippen molar-refractivity contribution in [3.63, 3.8) is 0 Å². The molecule has 18 heavy (non-hydrogen) atoms. The Hall–Kier alpha value is -1.69. The van der Waals surface area contributed by atoms with Crippen LogP contribution in [0.4, 0.5) is 0 Å². The number of nitrogens with two attached hydrogens (primary N) is 1. The summed E-state index contributed by atoms with van der Waals surface area (Å²) in [6.45, 7) is 8.89. The zero-order valence-electron chi connectivity index (χ0n) is 11.2. The smallest absolute Gasteiger partial charge is 0.232 e. The van der Waals surface area contributed by atoms with Gasteiger partial charge >= 0.3 is 0 Å². The molecule has 0 spiro atoms. The van der Waals surface area contributed by atoms with E-state index in [2.05, 4.69) is 15.2 Å². The molecule has 0 radical (unpaired) electrons. The van der Waals surface area contributed by atoms with Crippen LogP contribution in [-0.4, -0.2) is 19.9 Å². The summed E-state index contributed by atoms with van der Waals surface area (Å²) in [5, 5.41) is 8.13. The quantitative estimate of drug-likeness (QED) is 0.894. The van der Waals surface area contributed by atoms with Crippen molar-refractivity contribution in [2.24, 2.45) is 5.73 Å². The monoisotopic (exact) mass is 249 g/mol. The van der Waals surface area contributed by atoms with Gasteiger partial charge in [0.2, 0.25) is 5.89 Å². The van der Waals surface area contributed by atoms with Gasteiger partial charge in [-0.25, -0.2) is 0 Å². The Morgan fingerprint density at radius 2 is 2.17 bits per heavy atom. The van der Waals surface area contributed by atoms with E-state index in [4.69, 9.17) is 10.3 Å². The predicted molar refractivity (Wildman–Crippen MR) is 66.9 cm³/mol. The van der Waals surface area contributed by atoms with E-state index in [9.17, 15) is 0 Å². The van der Waals surface area contributed by atoms with Crippen LogP contribution in [0, 0.1) is 0 Å². The highest BCUT2D eigenvalue weighted by Crippen LogP contribution is 2.23. The molecular weight excluding hydrogens is 230 g/mol. The molecule has 0 aliphatic rings. The number of hydrogen-bond donors (Lipinski definition) is 1. The molecule has 2 aromatic heterocycles. The molecular formula is C12H19N5O. The molecule has 1 unspecified atom stereocenters. The van der Waals surface area contributed by atoms with Crippen molar-refractivity contribution in [2.45, 2.75) is 45.7 Å². The minimum absolute atomic E-state index is 0.168. The van der Waals surface area contributed by atoms with Crippen molar-refractivity contribution in [2.75, 3.05) is 0 Å². The highest BCUT2D eigenvalue weighted by Gasteiger charge is 2.24. The third kappa shape index (κ3) is 2.43. The van der Waals surface area contributed by atoms with E-state index in [1.54, 1.807) is 6.20 Å². The van der Waals surface area contributed by atoms with Crippen molar-refractivity contribution in [3.05, 3.63) is 29.7 Å². The summed E-state index contributed by atoms with van der Waals surface area (Å²) in [6, 6.07) is -0.398. The van der Waals surface area contributed by atoms with Crippen LogP contribution in [0.2, 0.25) is 0 Å². The summed E-state index contributed by atoms with van der Waals surface area (Å²) in [5.41, 5.74) is 6.82. The van der Waals surface area contributed by atoms with Crippen molar-refractivity contribution in [3.8, 4) is 0 Å². The Labute approximate surface area is 106 Å². The van der Waals surface area contributed by atoms with Gasteiger partial charge in [0.05, 0.1) is 12.2 Å². The molecule has 98 valence electrons. The van der Waals surface area contributed by atoms with Crippen LogP contribution in [-0.2, 0) is 12.0 Å². The summed E-state index contributed by atoms with van der Waals surface area (Å²) < 4.78 is 7.06. The third-order valence-corrected chi connectivity index (χ3v) is 2.70. The molecule has 2 N–H and O–H groups in total. The van der Waals surface area contributed by atoms with E-state index < -0.39 is 6.04 Å². The van der Waals surface area contributed by atoms with Crippen LogP contribution in [0.1, 0.15) is 51.0 Å². The molecule has 6 heteroatoms. The number of aryl methyl sites for hydroxylation is 1. The molecule has 0 amide bonds. The van der Waals surface area contributed by atoms with Gasteiger partial charge in [0, 0.05) is 23.7 Å². The summed E-state index contributed by atoms with van der Waals surface area (Å²) >= 11 is 0. The minimum atomic E-state index is -0.398. The molecule has 2 aromatic rings. The average Bonchev–Trinajstić information content (AvgIpc) is 2.96. The fourth-order valence-corrected chi connectivity index (χ4v) is 1.53. The Balaban J connectivity index is 2.23. The fraction of sp³-hybridized carbons (Fsp3) is 0.583. The zero-order valence-corrected chi connectivity index (χ0v) is 11.2. The van der Waals surface area contributed by atoms with Crippen LogP contribution < -0.4 is 5.73 Å². The normalized spacial score (nSPS) is 13.8. The minimum Gasteiger partial charge on any atom is -0.339 e. The van der Waals surface area contributed by atoms with Gasteiger partial charge in [0.25, 0.3) is 0 Å². The molecule has 0 saturated carbocycles. The lowest BCUT2D eigenvalue weighted by molar-refractivity contribution is 0.317. The molecule has 0 aliphatic carbocycles. The Kier molecular flexibility index (Phi) is 3.21. The highest BCUT2D eigenvalue weighted by atomic mass is 16.5. The van der Waals surface area contributed by atoms with Gasteiger partial charge in [-0.3, -0.25) is 4.68 Å². The van der Waals surface area contributed by atoms with Gasteiger partial charge in [0.15, 0.2) is 5.82 Å². The van der Waals surface area contributed by atoms with Crippen molar-refractivity contribution in [1.29, 1.82) is 0 Å². The number of rotatable bonds is 3. The standard InChI is InChI=1S/C12H19N5O/c1-5-17-7-8(6-14-17)9(13)10-15-11(18-16-10)12(2,3)4/h6-7,9H,5,13H2,1-4H3. The summed E-state index contributed by atoms with van der Waals surface area (Å²) in [5.74, 6) is 1.09. The van der Waals surface area contributed by atoms with E-state index in [1.807, 2.05) is 38.6 Å². The van der Waals surface area contributed by atoms with E-state index in [0.717, 1.165) is 12.1 Å². The number of hydrogen-bond acceptors (Lipinski definition) is 5. The molecule has 0 fully saturated rings. The maximum absolute atomic E-state index is 6.10. The second-order valence-electron chi connectivity index (χ2n) is 5.31. The van der Waals surface area contributed by atoms with Gasteiger partial charge in [-0.15, -0.1) is 0 Å². The summed E-state index contributed by atoms with van der Waals surface area (Å²) in [6.07, 6.45) is 3.64. The molecule has 2 rings (SSSR count). The molecule has 0 bridgehead atoms. The zero-order chi connectivity index (χ0) is 13.3. The average molecular weight is 249 g/mol. The lowest BCUT2D eigenvalue weighted by Crippen LogP contribution is -2.15. The number of nitrogens with zero attached hydrogens (tertiary/aromatic N) is 4. The first-order chi connectivity index (χ1) is 8.41. The van der Waals surface area contributed by atoms with Crippen molar-refractivity contribution >= 4 is 0 Å².